The third kappa shape index (κ3) is 3.51. The van der Waals surface area contributed by atoms with Gasteiger partial charge < -0.3 is 10.1 Å². The van der Waals surface area contributed by atoms with E-state index in [4.69, 9.17) is 4.74 Å². The van der Waals surface area contributed by atoms with E-state index in [0.717, 1.165) is 5.56 Å². The topological polar surface area (TPSA) is 55.4 Å². The Labute approximate surface area is 97.9 Å². The van der Waals surface area contributed by atoms with E-state index in [2.05, 4.69) is 11.9 Å². The van der Waals surface area contributed by atoms with Gasteiger partial charge in [0, 0.05) is 6.54 Å². The molecule has 0 aromatic carbocycles. The Morgan fingerprint density at radius 1 is 1.62 bits per heavy atom. The molecule has 1 heterocycles. The van der Waals surface area contributed by atoms with Crippen LogP contribution >= 0.6 is 11.3 Å². The maximum Gasteiger partial charge on any atom is 0.349 e. The minimum Gasteiger partial charge on any atom is -0.451 e. The van der Waals surface area contributed by atoms with Crippen molar-refractivity contribution in [2.24, 2.45) is 0 Å². The highest BCUT2D eigenvalue weighted by molar-refractivity contribution is 7.12. The number of amides is 1. The molecule has 0 fully saturated rings. The highest BCUT2D eigenvalue weighted by Gasteiger charge is 2.13. The van der Waals surface area contributed by atoms with Crippen LogP contribution in [0.3, 0.4) is 0 Å². The fourth-order valence-electron chi connectivity index (χ4n) is 1.02. The van der Waals surface area contributed by atoms with Crippen LogP contribution in [0, 0.1) is 6.92 Å². The lowest BCUT2D eigenvalue weighted by Crippen LogP contribution is -2.28. The molecule has 0 radical (unpaired) electrons. The summed E-state index contributed by atoms with van der Waals surface area (Å²) in [5.41, 5.74) is 0.862. The summed E-state index contributed by atoms with van der Waals surface area (Å²) in [7, 11) is 0. The molecule has 0 aliphatic heterocycles. The van der Waals surface area contributed by atoms with Gasteiger partial charge in [-0.05, 0) is 23.9 Å². The van der Waals surface area contributed by atoms with Gasteiger partial charge in [0.2, 0.25) is 0 Å². The molecular weight excluding hydrogens is 226 g/mol. The zero-order chi connectivity index (χ0) is 12.0. The number of hydrogen-bond donors (Lipinski definition) is 1. The second kappa shape index (κ2) is 6.07. The van der Waals surface area contributed by atoms with Gasteiger partial charge in [0.1, 0.15) is 4.88 Å². The second-order valence-corrected chi connectivity index (χ2v) is 4.02. The van der Waals surface area contributed by atoms with E-state index < -0.39 is 5.97 Å². The summed E-state index contributed by atoms with van der Waals surface area (Å²) in [6, 6.07) is 1.83. The number of hydrogen-bond acceptors (Lipinski definition) is 4. The molecule has 0 bridgehead atoms. The van der Waals surface area contributed by atoms with Crippen molar-refractivity contribution in [3.05, 3.63) is 34.5 Å². The third-order valence-corrected chi connectivity index (χ3v) is 2.82. The van der Waals surface area contributed by atoms with Gasteiger partial charge in [-0.25, -0.2) is 4.79 Å². The van der Waals surface area contributed by atoms with Gasteiger partial charge in [-0.1, -0.05) is 6.08 Å². The van der Waals surface area contributed by atoms with E-state index in [-0.39, 0.29) is 12.5 Å². The second-order valence-electron chi connectivity index (χ2n) is 3.10. The summed E-state index contributed by atoms with van der Waals surface area (Å²) in [6.07, 6.45) is 1.56. The molecule has 0 saturated carbocycles. The molecule has 1 amide bonds. The Hall–Kier alpha value is -1.62. The predicted octanol–water partition coefficient (Wildman–Crippen LogP) is 1.52. The highest BCUT2D eigenvalue weighted by Crippen LogP contribution is 2.16. The average molecular weight is 239 g/mol. The molecule has 1 aromatic rings. The van der Waals surface area contributed by atoms with E-state index in [1.807, 2.05) is 18.4 Å². The zero-order valence-corrected chi connectivity index (χ0v) is 9.80. The average Bonchev–Trinajstić information content (AvgIpc) is 2.69. The first-order chi connectivity index (χ1) is 7.65. The van der Waals surface area contributed by atoms with Gasteiger partial charge in [0.25, 0.3) is 5.91 Å². The normalized spacial score (nSPS) is 9.56. The molecule has 0 spiro atoms. The molecule has 5 heteroatoms. The lowest BCUT2D eigenvalue weighted by molar-refractivity contribution is -0.124. The largest absolute Gasteiger partial charge is 0.451 e. The van der Waals surface area contributed by atoms with Crippen molar-refractivity contribution in [3.8, 4) is 0 Å². The fourth-order valence-corrected chi connectivity index (χ4v) is 1.83. The number of rotatable bonds is 5. The summed E-state index contributed by atoms with van der Waals surface area (Å²) in [4.78, 5) is 23.2. The van der Waals surface area contributed by atoms with E-state index in [9.17, 15) is 9.59 Å². The summed E-state index contributed by atoms with van der Waals surface area (Å²) >= 11 is 1.30. The van der Waals surface area contributed by atoms with Crippen LogP contribution in [0.25, 0.3) is 0 Å². The van der Waals surface area contributed by atoms with Gasteiger partial charge in [-0.15, -0.1) is 17.9 Å². The number of aryl methyl sites for hydroxylation is 1. The van der Waals surface area contributed by atoms with Crippen molar-refractivity contribution in [1.82, 2.24) is 5.32 Å². The summed E-state index contributed by atoms with van der Waals surface area (Å²) in [5, 5.41) is 4.33. The van der Waals surface area contributed by atoms with E-state index >= 15 is 0 Å². The van der Waals surface area contributed by atoms with Crippen LogP contribution in [0.2, 0.25) is 0 Å². The maximum atomic E-state index is 11.5. The number of esters is 1. The predicted molar refractivity (Wildman–Crippen MR) is 62.5 cm³/mol. The Bertz CT molecular complexity index is 398. The lowest BCUT2D eigenvalue weighted by atomic mass is 10.3. The van der Waals surface area contributed by atoms with Crippen molar-refractivity contribution < 1.29 is 14.3 Å². The maximum absolute atomic E-state index is 11.5. The molecule has 1 N–H and O–H groups in total. The number of carbonyl (C=O) groups is 2. The minimum absolute atomic E-state index is 0.260. The Kier molecular flexibility index (Phi) is 4.72. The molecule has 16 heavy (non-hydrogen) atoms. The molecule has 0 atom stereocenters. The Morgan fingerprint density at radius 3 is 2.94 bits per heavy atom. The van der Waals surface area contributed by atoms with Crippen LogP contribution in [0.1, 0.15) is 15.2 Å². The molecule has 86 valence electrons. The highest BCUT2D eigenvalue weighted by atomic mass is 32.1. The number of thiophene rings is 1. The fraction of sp³-hybridized carbons (Fsp3) is 0.273. The minimum atomic E-state index is -0.457. The van der Waals surface area contributed by atoms with Crippen LogP contribution in [-0.4, -0.2) is 25.0 Å². The lowest BCUT2D eigenvalue weighted by Gasteiger charge is -2.04. The Morgan fingerprint density at radius 2 is 2.38 bits per heavy atom. The van der Waals surface area contributed by atoms with E-state index in [1.165, 1.54) is 11.3 Å². The SMILES string of the molecule is C=CCNC(=O)COC(=O)c1sccc1C. The molecule has 0 unspecified atom stereocenters. The number of carbonyl (C=O) groups excluding carboxylic acids is 2. The summed E-state index contributed by atoms with van der Waals surface area (Å²) < 4.78 is 4.85. The molecule has 1 rings (SSSR count). The van der Waals surface area contributed by atoms with E-state index in [0.29, 0.717) is 11.4 Å². The zero-order valence-electron chi connectivity index (χ0n) is 8.99. The van der Waals surface area contributed by atoms with Crippen LogP contribution in [0.4, 0.5) is 0 Å². The summed E-state index contributed by atoms with van der Waals surface area (Å²) in [6.45, 7) is 5.39. The Balaban J connectivity index is 2.39. The number of ether oxygens (including phenoxy) is 1. The first-order valence-electron chi connectivity index (χ1n) is 4.74. The molecule has 0 saturated heterocycles. The number of nitrogens with one attached hydrogen (secondary N) is 1. The van der Waals surface area contributed by atoms with Gasteiger partial charge in [0.15, 0.2) is 6.61 Å². The third-order valence-electron chi connectivity index (χ3n) is 1.83. The van der Waals surface area contributed by atoms with Crippen LogP contribution in [0.15, 0.2) is 24.1 Å². The molecule has 0 aliphatic carbocycles. The molecule has 0 aliphatic rings. The first-order valence-corrected chi connectivity index (χ1v) is 5.62. The molecule has 4 nitrogen and oxygen atoms in total. The van der Waals surface area contributed by atoms with Crippen molar-refractivity contribution in [2.75, 3.05) is 13.2 Å². The van der Waals surface area contributed by atoms with Crippen LogP contribution in [-0.2, 0) is 9.53 Å². The van der Waals surface area contributed by atoms with Gasteiger partial charge in [-0.3, -0.25) is 4.79 Å². The smallest absolute Gasteiger partial charge is 0.349 e. The first kappa shape index (κ1) is 12.4. The van der Waals surface area contributed by atoms with Crippen molar-refractivity contribution in [3.63, 3.8) is 0 Å². The van der Waals surface area contributed by atoms with Gasteiger partial charge in [0.05, 0.1) is 0 Å². The van der Waals surface area contributed by atoms with Gasteiger partial charge in [-0.2, -0.15) is 0 Å². The summed E-state index contributed by atoms with van der Waals surface area (Å²) in [5.74, 6) is -0.788. The van der Waals surface area contributed by atoms with Crippen molar-refractivity contribution in [2.45, 2.75) is 6.92 Å². The quantitative estimate of drug-likeness (QED) is 0.626. The van der Waals surface area contributed by atoms with Crippen molar-refractivity contribution >= 4 is 23.2 Å². The van der Waals surface area contributed by atoms with Crippen LogP contribution < -0.4 is 5.32 Å². The standard InChI is InChI=1S/C11H13NO3S/c1-3-5-12-9(13)7-15-11(14)10-8(2)4-6-16-10/h3-4,6H,1,5,7H2,2H3,(H,12,13). The molecular formula is C11H13NO3S. The van der Waals surface area contributed by atoms with Gasteiger partial charge >= 0.3 is 5.97 Å². The monoisotopic (exact) mass is 239 g/mol. The van der Waals surface area contributed by atoms with Crippen LogP contribution in [0.5, 0.6) is 0 Å². The molecule has 1 aromatic heterocycles. The van der Waals surface area contributed by atoms with E-state index in [1.54, 1.807) is 6.08 Å². The van der Waals surface area contributed by atoms with Crippen molar-refractivity contribution in [1.29, 1.82) is 0 Å².